The van der Waals surface area contributed by atoms with Gasteiger partial charge in [-0.2, -0.15) is 5.26 Å². The second kappa shape index (κ2) is 7.27. The normalized spacial score (nSPS) is 11.2. The van der Waals surface area contributed by atoms with Gasteiger partial charge in [-0.3, -0.25) is 0 Å². The summed E-state index contributed by atoms with van der Waals surface area (Å²) in [7, 11) is -0.603. The molecule has 23 heavy (non-hydrogen) atoms. The van der Waals surface area contributed by atoms with Gasteiger partial charge < -0.3 is 4.74 Å². The molecule has 0 aliphatic rings. The predicted octanol–water partition coefficient (Wildman–Crippen LogP) is 2.43. The highest BCUT2D eigenvalue weighted by molar-refractivity contribution is 7.89. The zero-order chi connectivity index (χ0) is 16.9. The van der Waals surface area contributed by atoms with Gasteiger partial charge in [-0.15, -0.1) is 0 Å². The van der Waals surface area contributed by atoms with Gasteiger partial charge in [-0.25, -0.2) is 12.7 Å². The lowest BCUT2D eigenvalue weighted by Gasteiger charge is -2.18. The number of ether oxygens (including phenoxy) is 1. The van der Waals surface area contributed by atoms with E-state index in [4.69, 9.17) is 10.00 Å². The average Bonchev–Trinajstić information content (AvgIpc) is 2.59. The predicted molar refractivity (Wildman–Crippen MR) is 87.7 cm³/mol. The molecule has 0 amide bonds. The third-order valence-electron chi connectivity index (χ3n) is 3.58. The maximum absolute atomic E-state index is 12.6. The highest BCUT2D eigenvalue weighted by atomic mass is 32.2. The molecule has 0 bridgehead atoms. The van der Waals surface area contributed by atoms with Crippen molar-refractivity contribution in [3.63, 3.8) is 0 Å². The first-order valence-electron chi connectivity index (χ1n) is 7.08. The van der Waals surface area contributed by atoms with Gasteiger partial charge in [0.1, 0.15) is 11.8 Å². The molecule has 0 unspecified atom stereocenters. The van der Waals surface area contributed by atoms with E-state index in [-0.39, 0.29) is 10.5 Å². The molecule has 0 aliphatic carbocycles. The minimum Gasteiger partial charge on any atom is -0.496 e. The molecule has 0 saturated heterocycles. The van der Waals surface area contributed by atoms with E-state index in [1.165, 1.54) is 23.5 Å². The fraction of sp³-hybridized carbons (Fsp3) is 0.235. The van der Waals surface area contributed by atoms with Crippen molar-refractivity contribution in [1.82, 2.24) is 4.31 Å². The zero-order valence-corrected chi connectivity index (χ0v) is 13.9. The first kappa shape index (κ1) is 17.0. The van der Waals surface area contributed by atoms with E-state index in [9.17, 15) is 8.42 Å². The molecule has 0 atom stereocenters. The number of hydrogen-bond donors (Lipinski definition) is 0. The second-order valence-corrected chi connectivity index (χ2v) is 7.01. The molecule has 5 nitrogen and oxygen atoms in total. The number of methoxy groups -OCH3 is 1. The number of sulfonamides is 1. The van der Waals surface area contributed by atoms with Crippen molar-refractivity contribution in [3.05, 3.63) is 59.7 Å². The molecule has 0 fully saturated rings. The fourth-order valence-electron chi connectivity index (χ4n) is 2.26. The topological polar surface area (TPSA) is 70.4 Å². The molecule has 0 radical (unpaired) electrons. The third kappa shape index (κ3) is 3.70. The average molecular weight is 330 g/mol. The molecule has 2 aromatic rings. The van der Waals surface area contributed by atoms with E-state index in [0.717, 1.165) is 11.3 Å². The van der Waals surface area contributed by atoms with Crippen molar-refractivity contribution in [3.8, 4) is 11.8 Å². The molecule has 0 aromatic heterocycles. The largest absolute Gasteiger partial charge is 0.496 e. The lowest BCUT2D eigenvalue weighted by molar-refractivity contribution is 0.406. The number of rotatable bonds is 6. The fourth-order valence-corrected chi connectivity index (χ4v) is 3.57. The minimum absolute atomic E-state index is 0.0324. The summed E-state index contributed by atoms with van der Waals surface area (Å²) in [6.45, 7) is 0.294. The summed E-state index contributed by atoms with van der Waals surface area (Å²) in [5.41, 5.74) is 1.09. The Labute approximate surface area is 136 Å². The molecule has 0 aliphatic heterocycles. The minimum atomic E-state index is -3.70. The van der Waals surface area contributed by atoms with Gasteiger partial charge in [-0.05, 0) is 30.2 Å². The number of nitriles is 1. The molecule has 0 spiro atoms. The summed E-state index contributed by atoms with van der Waals surface area (Å²) in [4.78, 5) is 0.0324. The second-order valence-electron chi connectivity index (χ2n) is 5.00. The van der Waals surface area contributed by atoms with Crippen LogP contribution in [-0.4, -0.2) is 33.4 Å². The quantitative estimate of drug-likeness (QED) is 0.815. The van der Waals surface area contributed by atoms with Gasteiger partial charge in [0.05, 0.1) is 17.6 Å². The highest BCUT2D eigenvalue weighted by Gasteiger charge is 2.23. The SMILES string of the molecule is COc1ccccc1CCN(C)S(=O)(=O)c1ccccc1C#N. The van der Waals surface area contributed by atoms with Gasteiger partial charge >= 0.3 is 0 Å². The maximum Gasteiger partial charge on any atom is 0.244 e. The number of para-hydroxylation sites is 1. The van der Waals surface area contributed by atoms with Crippen LogP contribution in [0.4, 0.5) is 0 Å². The number of likely N-dealkylation sites (N-methyl/N-ethyl adjacent to an activating group) is 1. The zero-order valence-electron chi connectivity index (χ0n) is 13.1. The Morgan fingerprint density at radius 2 is 1.78 bits per heavy atom. The molecule has 2 rings (SSSR count). The van der Waals surface area contributed by atoms with Gasteiger partial charge in [0.25, 0.3) is 0 Å². The molecule has 0 saturated carbocycles. The molecular formula is C17H18N2O3S. The van der Waals surface area contributed by atoms with Crippen LogP contribution in [0.3, 0.4) is 0 Å². The van der Waals surface area contributed by atoms with Gasteiger partial charge in [-0.1, -0.05) is 30.3 Å². The Balaban J connectivity index is 2.20. The van der Waals surface area contributed by atoms with Crippen LogP contribution in [0.15, 0.2) is 53.4 Å². The van der Waals surface area contributed by atoms with E-state index in [1.54, 1.807) is 19.2 Å². The molecular weight excluding hydrogens is 312 g/mol. The first-order valence-corrected chi connectivity index (χ1v) is 8.52. The molecule has 2 aromatic carbocycles. The van der Waals surface area contributed by atoms with Crippen LogP contribution >= 0.6 is 0 Å². The third-order valence-corrected chi connectivity index (χ3v) is 5.50. The van der Waals surface area contributed by atoms with Gasteiger partial charge in [0.15, 0.2) is 0 Å². The number of nitrogens with zero attached hydrogens (tertiary/aromatic N) is 2. The van der Waals surface area contributed by atoms with E-state index in [0.29, 0.717) is 13.0 Å². The molecule has 0 N–H and O–H groups in total. The van der Waals surface area contributed by atoms with Crippen LogP contribution in [-0.2, 0) is 16.4 Å². The van der Waals surface area contributed by atoms with Gasteiger partial charge in [0, 0.05) is 13.6 Å². The van der Waals surface area contributed by atoms with E-state index < -0.39 is 10.0 Å². The standard InChI is InChI=1S/C17H18N2O3S/c1-19(12-11-14-7-3-5-9-16(14)22-2)23(20,21)17-10-6-4-8-15(17)13-18/h3-10H,11-12H2,1-2H3. The number of benzene rings is 2. The van der Waals surface area contributed by atoms with Crippen molar-refractivity contribution in [1.29, 1.82) is 5.26 Å². The Bertz CT molecular complexity index is 826. The summed E-state index contributed by atoms with van der Waals surface area (Å²) in [6.07, 6.45) is 0.522. The highest BCUT2D eigenvalue weighted by Crippen LogP contribution is 2.21. The van der Waals surface area contributed by atoms with Crippen LogP contribution in [0.5, 0.6) is 5.75 Å². The van der Waals surface area contributed by atoms with Crippen molar-refractivity contribution < 1.29 is 13.2 Å². The van der Waals surface area contributed by atoms with E-state index in [1.807, 2.05) is 30.3 Å². The van der Waals surface area contributed by atoms with E-state index in [2.05, 4.69) is 0 Å². The number of hydrogen-bond acceptors (Lipinski definition) is 4. The Hall–Kier alpha value is -2.36. The van der Waals surface area contributed by atoms with Crippen molar-refractivity contribution in [2.45, 2.75) is 11.3 Å². The van der Waals surface area contributed by atoms with Crippen LogP contribution in [0.2, 0.25) is 0 Å². The summed E-state index contributed by atoms with van der Waals surface area (Å²) in [5, 5.41) is 9.09. The maximum atomic E-state index is 12.6. The Morgan fingerprint density at radius 1 is 1.13 bits per heavy atom. The van der Waals surface area contributed by atoms with Crippen molar-refractivity contribution in [2.75, 3.05) is 20.7 Å². The Morgan fingerprint density at radius 3 is 2.48 bits per heavy atom. The van der Waals surface area contributed by atoms with Crippen LogP contribution < -0.4 is 4.74 Å². The van der Waals surface area contributed by atoms with Crippen molar-refractivity contribution in [2.24, 2.45) is 0 Å². The molecule has 120 valence electrons. The Kier molecular flexibility index (Phi) is 5.37. The van der Waals surface area contributed by atoms with E-state index >= 15 is 0 Å². The smallest absolute Gasteiger partial charge is 0.244 e. The van der Waals surface area contributed by atoms with Gasteiger partial charge in [0.2, 0.25) is 10.0 Å². The summed E-state index contributed by atoms with van der Waals surface area (Å²) in [5.74, 6) is 0.732. The first-order chi connectivity index (χ1) is 11.0. The summed E-state index contributed by atoms with van der Waals surface area (Å²) in [6, 6.07) is 15.6. The van der Waals surface area contributed by atoms with Crippen LogP contribution in [0.1, 0.15) is 11.1 Å². The van der Waals surface area contributed by atoms with Crippen LogP contribution in [0.25, 0.3) is 0 Å². The molecule has 0 heterocycles. The van der Waals surface area contributed by atoms with Crippen LogP contribution in [0, 0.1) is 11.3 Å². The lowest BCUT2D eigenvalue weighted by Crippen LogP contribution is -2.29. The summed E-state index contributed by atoms with van der Waals surface area (Å²) >= 11 is 0. The molecule has 6 heteroatoms. The lowest BCUT2D eigenvalue weighted by atomic mass is 10.1. The van der Waals surface area contributed by atoms with Crippen molar-refractivity contribution >= 4 is 10.0 Å². The monoisotopic (exact) mass is 330 g/mol. The summed E-state index contributed by atoms with van der Waals surface area (Å²) < 4.78 is 31.8.